The minimum absolute atomic E-state index is 0.127. The van der Waals surface area contributed by atoms with Crippen LogP contribution in [0.1, 0.15) is 28.1 Å². The van der Waals surface area contributed by atoms with Gasteiger partial charge in [-0.1, -0.05) is 0 Å². The van der Waals surface area contributed by atoms with Crippen LogP contribution in [0.25, 0.3) is 0 Å². The minimum atomic E-state index is -4.58. The van der Waals surface area contributed by atoms with Gasteiger partial charge in [-0.2, -0.15) is 13.2 Å². The number of piperidine rings is 1. The molecule has 0 bridgehead atoms. The molecule has 2 rings (SSSR count). The van der Waals surface area contributed by atoms with Crippen molar-refractivity contribution in [3.05, 3.63) is 21.9 Å². The van der Waals surface area contributed by atoms with Crippen molar-refractivity contribution in [1.29, 1.82) is 0 Å². The molecular formula is C13H16F3NO2S. The van der Waals surface area contributed by atoms with E-state index in [4.69, 9.17) is 0 Å². The Labute approximate surface area is 119 Å². The monoisotopic (exact) mass is 307 g/mol. The Bertz CT molecular complexity index is 478. The predicted molar refractivity (Wildman–Crippen MR) is 69.7 cm³/mol. The Kier molecular flexibility index (Phi) is 4.39. The highest BCUT2D eigenvalue weighted by Crippen LogP contribution is 2.32. The number of aryl methyl sites for hydroxylation is 1. The molecule has 0 spiro atoms. The number of nitrogens with zero attached hydrogens (tertiary/aromatic N) is 1. The fraction of sp³-hybridized carbons (Fsp3) is 0.615. The molecule has 7 heteroatoms. The molecule has 0 saturated carbocycles. The van der Waals surface area contributed by atoms with Gasteiger partial charge in [-0.15, -0.1) is 11.3 Å². The molecule has 1 aromatic rings. The van der Waals surface area contributed by atoms with Crippen LogP contribution in [0.15, 0.2) is 11.4 Å². The molecule has 1 saturated heterocycles. The van der Waals surface area contributed by atoms with Gasteiger partial charge in [0.2, 0.25) is 0 Å². The molecule has 2 heterocycles. The van der Waals surface area contributed by atoms with Crippen LogP contribution in [0.4, 0.5) is 13.2 Å². The summed E-state index contributed by atoms with van der Waals surface area (Å²) in [6.07, 6.45) is -6.52. The van der Waals surface area contributed by atoms with Crippen molar-refractivity contribution < 1.29 is 23.1 Å². The summed E-state index contributed by atoms with van der Waals surface area (Å²) in [6.45, 7) is 2.35. The van der Waals surface area contributed by atoms with Gasteiger partial charge in [0.25, 0.3) is 5.91 Å². The van der Waals surface area contributed by atoms with E-state index < -0.39 is 18.2 Å². The van der Waals surface area contributed by atoms with E-state index in [1.165, 1.54) is 11.3 Å². The van der Waals surface area contributed by atoms with E-state index in [1.54, 1.807) is 4.90 Å². The number of hydrogen-bond donors (Lipinski definition) is 1. The number of alkyl halides is 3. The van der Waals surface area contributed by atoms with Crippen LogP contribution in [0.5, 0.6) is 0 Å². The molecule has 3 nitrogen and oxygen atoms in total. The molecule has 0 aliphatic carbocycles. The maximum Gasteiger partial charge on any atom is 0.414 e. The van der Waals surface area contributed by atoms with Gasteiger partial charge >= 0.3 is 6.18 Å². The molecule has 1 aliphatic heterocycles. The zero-order valence-corrected chi connectivity index (χ0v) is 11.8. The average Bonchev–Trinajstić information content (AvgIpc) is 2.82. The molecular weight excluding hydrogens is 291 g/mol. The molecule has 1 amide bonds. The fourth-order valence-corrected chi connectivity index (χ4v) is 3.31. The first-order valence-corrected chi connectivity index (χ1v) is 7.27. The predicted octanol–water partition coefficient (Wildman–Crippen LogP) is 2.83. The van der Waals surface area contributed by atoms with Gasteiger partial charge in [-0.3, -0.25) is 4.79 Å². The standard InChI is InChI=1S/C13H16F3NO2S/c1-8-4-7-20-10(8)12(19)17-5-2-9(3-6-17)11(18)13(14,15)16/h4,7,9,11,18H,2-3,5-6H2,1H3. The van der Waals surface area contributed by atoms with Crippen LogP contribution in [-0.4, -0.2) is 41.3 Å². The van der Waals surface area contributed by atoms with E-state index in [9.17, 15) is 23.1 Å². The third-order valence-corrected chi connectivity index (χ3v) is 4.67. The topological polar surface area (TPSA) is 40.5 Å². The summed E-state index contributed by atoms with van der Waals surface area (Å²) in [4.78, 5) is 14.4. The number of aliphatic hydroxyl groups is 1. The van der Waals surface area contributed by atoms with Crippen molar-refractivity contribution in [2.24, 2.45) is 5.92 Å². The quantitative estimate of drug-likeness (QED) is 0.913. The second kappa shape index (κ2) is 5.73. The van der Waals surface area contributed by atoms with Crippen LogP contribution in [0, 0.1) is 12.8 Å². The second-order valence-electron chi connectivity index (χ2n) is 5.05. The first kappa shape index (κ1) is 15.3. The van der Waals surface area contributed by atoms with Crippen LogP contribution in [-0.2, 0) is 0 Å². The van der Waals surface area contributed by atoms with Crippen molar-refractivity contribution in [1.82, 2.24) is 4.90 Å². The average molecular weight is 307 g/mol. The van der Waals surface area contributed by atoms with Crippen molar-refractivity contribution in [2.75, 3.05) is 13.1 Å². The van der Waals surface area contributed by atoms with Gasteiger partial charge in [0.1, 0.15) is 0 Å². The Morgan fingerprint density at radius 2 is 2.05 bits per heavy atom. The number of likely N-dealkylation sites (tertiary alicyclic amines) is 1. The Morgan fingerprint density at radius 3 is 2.50 bits per heavy atom. The van der Waals surface area contributed by atoms with Gasteiger partial charge in [-0.25, -0.2) is 0 Å². The molecule has 1 atom stereocenters. The number of amides is 1. The van der Waals surface area contributed by atoms with E-state index >= 15 is 0 Å². The highest BCUT2D eigenvalue weighted by atomic mass is 32.1. The van der Waals surface area contributed by atoms with E-state index in [0.717, 1.165) is 5.56 Å². The third kappa shape index (κ3) is 3.15. The van der Waals surface area contributed by atoms with E-state index in [0.29, 0.717) is 4.88 Å². The van der Waals surface area contributed by atoms with Crippen LogP contribution >= 0.6 is 11.3 Å². The molecule has 20 heavy (non-hydrogen) atoms. The highest BCUT2D eigenvalue weighted by molar-refractivity contribution is 7.12. The van der Waals surface area contributed by atoms with Gasteiger partial charge in [0.15, 0.2) is 6.10 Å². The molecule has 1 unspecified atom stereocenters. The zero-order valence-electron chi connectivity index (χ0n) is 11.0. The summed E-state index contributed by atoms with van der Waals surface area (Å²) in [5, 5.41) is 11.1. The molecule has 1 fully saturated rings. The van der Waals surface area contributed by atoms with Crippen molar-refractivity contribution in [3.8, 4) is 0 Å². The maximum absolute atomic E-state index is 12.4. The van der Waals surface area contributed by atoms with Gasteiger partial charge < -0.3 is 10.0 Å². The molecule has 1 aliphatic rings. The van der Waals surface area contributed by atoms with Crippen LogP contribution in [0.3, 0.4) is 0 Å². The summed E-state index contributed by atoms with van der Waals surface area (Å²) < 4.78 is 37.3. The van der Waals surface area contributed by atoms with E-state index in [1.807, 2.05) is 18.4 Å². The second-order valence-corrected chi connectivity index (χ2v) is 5.96. The van der Waals surface area contributed by atoms with Crippen molar-refractivity contribution in [3.63, 3.8) is 0 Å². The van der Waals surface area contributed by atoms with Crippen LogP contribution < -0.4 is 0 Å². The summed E-state index contributed by atoms with van der Waals surface area (Å²) in [5.74, 6) is -0.944. The summed E-state index contributed by atoms with van der Waals surface area (Å²) in [7, 11) is 0. The Balaban J connectivity index is 1.95. The fourth-order valence-electron chi connectivity index (χ4n) is 2.42. The number of hydrogen-bond acceptors (Lipinski definition) is 3. The van der Waals surface area contributed by atoms with Gasteiger partial charge in [0.05, 0.1) is 4.88 Å². The zero-order chi connectivity index (χ0) is 14.9. The lowest BCUT2D eigenvalue weighted by Crippen LogP contribution is -2.45. The van der Waals surface area contributed by atoms with Gasteiger partial charge in [-0.05, 0) is 42.7 Å². The molecule has 1 N–H and O–H groups in total. The number of aliphatic hydroxyl groups excluding tert-OH is 1. The van der Waals surface area contributed by atoms with E-state index in [2.05, 4.69) is 0 Å². The molecule has 1 aromatic heterocycles. The number of rotatable bonds is 2. The third-order valence-electron chi connectivity index (χ3n) is 3.67. The van der Waals surface area contributed by atoms with Gasteiger partial charge in [0, 0.05) is 13.1 Å². The number of carbonyl (C=O) groups excluding carboxylic acids is 1. The minimum Gasteiger partial charge on any atom is -0.383 e. The smallest absolute Gasteiger partial charge is 0.383 e. The van der Waals surface area contributed by atoms with E-state index in [-0.39, 0.29) is 31.8 Å². The Morgan fingerprint density at radius 1 is 1.45 bits per heavy atom. The lowest BCUT2D eigenvalue weighted by molar-refractivity contribution is -0.222. The lowest BCUT2D eigenvalue weighted by Gasteiger charge is -2.34. The lowest BCUT2D eigenvalue weighted by atomic mass is 9.91. The largest absolute Gasteiger partial charge is 0.414 e. The molecule has 0 radical (unpaired) electrons. The Hall–Kier alpha value is -1.08. The number of thiophene rings is 1. The summed E-state index contributed by atoms with van der Waals surface area (Å²) in [5.41, 5.74) is 0.887. The first-order chi connectivity index (χ1) is 9.30. The normalized spacial score (nSPS) is 19.1. The highest BCUT2D eigenvalue weighted by Gasteiger charge is 2.44. The molecule has 112 valence electrons. The first-order valence-electron chi connectivity index (χ1n) is 6.39. The van der Waals surface area contributed by atoms with Crippen molar-refractivity contribution in [2.45, 2.75) is 32.0 Å². The SMILES string of the molecule is Cc1ccsc1C(=O)N1CCC(C(O)C(F)(F)F)CC1. The van der Waals surface area contributed by atoms with Crippen LogP contribution in [0.2, 0.25) is 0 Å². The maximum atomic E-state index is 12.4. The number of carbonyl (C=O) groups is 1. The number of halogens is 3. The molecule has 0 aromatic carbocycles. The summed E-state index contributed by atoms with van der Waals surface area (Å²) >= 11 is 1.34. The van der Waals surface area contributed by atoms with Crippen molar-refractivity contribution >= 4 is 17.2 Å². The summed E-state index contributed by atoms with van der Waals surface area (Å²) in [6, 6.07) is 1.85.